The molecule has 0 aromatic carbocycles. The van der Waals surface area contributed by atoms with Crippen molar-refractivity contribution in [2.45, 2.75) is 31.8 Å². The Morgan fingerprint density at radius 2 is 2.06 bits per heavy atom. The molecule has 0 aromatic rings. The van der Waals surface area contributed by atoms with Crippen molar-refractivity contribution in [2.75, 3.05) is 33.7 Å². The summed E-state index contributed by atoms with van der Waals surface area (Å²) in [6.45, 7) is 4.76. The minimum absolute atomic E-state index is 0.292. The Balaban J connectivity index is 2.20. The molecule has 1 atom stereocenters. The van der Waals surface area contributed by atoms with Gasteiger partial charge in [0.1, 0.15) is 0 Å². The Labute approximate surface area is 98.0 Å². The molecule has 3 N–H and O–H groups in total. The number of amides is 2. The summed E-state index contributed by atoms with van der Waals surface area (Å²) in [6, 6.07) is 0.771. The number of nitrogens with two attached hydrogens (primary N) is 1. The SMILES string of the molecule is CC(CNC1CCN(C(N)=O)CC1)N(C)C. The average Bonchev–Trinajstić information content (AvgIpc) is 2.26. The monoisotopic (exact) mass is 228 g/mol. The summed E-state index contributed by atoms with van der Waals surface area (Å²) in [6.07, 6.45) is 2.01. The van der Waals surface area contributed by atoms with Gasteiger partial charge in [0.2, 0.25) is 0 Å². The molecule has 1 rings (SSSR count). The predicted molar refractivity (Wildman–Crippen MR) is 65.3 cm³/mol. The van der Waals surface area contributed by atoms with Crippen LogP contribution < -0.4 is 11.1 Å². The van der Waals surface area contributed by atoms with Gasteiger partial charge in [-0.05, 0) is 33.9 Å². The van der Waals surface area contributed by atoms with Crippen LogP contribution in [0, 0.1) is 0 Å². The van der Waals surface area contributed by atoms with E-state index in [0.29, 0.717) is 12.1 Å². The number of carbonyl (C=O) groups is 1. The first-order valence-electron chi connectivity index (χ1n) is 5.95. The highest BCUT2D eigenvalue weighted by Crippen LogP contribution is 2.09. The van der Waals surface area contributed by atoms with Gasteiger partial charge in [-0.15, -0.1) is 0 Å². The first-order valence-corrected chi connectivity index (χ1v) is 5.95. The fraction of sp³-hybridized carbons (Fsp3) is 0.909. The highest BCUT2D eigenvalue weighted by atomic mass is 16.2. The van der Waals surface area contributed by atoms with E-state index in [0.717, 1.165) is 32.5 Å². The molecule has 16 heavy (non-hydrogen) atoms. The zero-order valence-electron chi connectivity index (χ0n) is 10.6. The van der Waals surface area contributed by atoms with Crippen LogP contribution >= 0.6 is 0 Å². The lowest BCUT2D eigenvalue weighted by Gasteiger charge is -2.32. The highest BCUT2D eigenvalue weighted by Gasteiger charge is 2.21. The smallest absolute Gasteiger partial charge is 0.314 e. The van der Waals surface area contributed by atoms with Crippen LogP contribution in [0.5, 0.6) is 0 Å². The van der Waals surface area contributed by atoms with Gasteiger partial charge in [0, 0.05) is 31.7 Å². The highest BCUT2D eigenvalue weighted by molar-refractivity contribution is 5.72. The minimum Gasteiger partial charge on any atom is -0.351 e. The summed E-state index contributed by atoms with van der Waals surface area (Å²) in [5, 5.41) is 3.54. The molecule has 1 aliphatic heterocycles. The molecule has 1 saturated heterocycles. The van der Waals surface area contributed by atoms with Crippen molar-refractivity contribution in [1.29, 1.82) is 0 Å². The quantitative estimate of drug-likeness (QED) is 0.716. The Kier molecular flexibility index (Phi) is 5.02. The van der Waals surface area contributed by atoms with Gasteiger partial charge in [0.05, 0.1) is 0 Å². The summed E-state index contributed by atoms with van der Waals surface area (Å²) in [7, 11) is 4.17. The van der Waals surface area contributed by atoms with Crippen molar-refractivity contribution in [2.24, 2.45) is 5.73 Å². The molecule has 0 spiro atoms. The summed E-state index contributed by atoms with van der Waals surface area (Å²) >= 11 is 0. The summed E-state index contributed by atoms with van der Waals surface area (Å²) in [4.78, 5) is 14.9. The Hall–Kier alpha value is -0.810. The number of urea groups is 1. The van der Waals surface area contributed by atoms with Gasteiger partial charge in [-0.25, -0.2) is 4.79 Å². The average molecular weight is 228 g/mol. The molecule has 1 unspecified atom stereocenters. The van der Waals surface area contributed by atoms with Crippen molar-refractivity contribution >= 4 is 6.03 Å². The summed E-state index contributed by atoms with van der Waals surface area (Å²) in [5.74, 6) is 0. The number of nitrogens with zero attached hydrogens (tertiary/aromatic N) is 2. The van der Waals surface area contributed by atoms with E-state index in [9.17, 15) is 4.79 Å². The largest absolute Gasteiger partial charge is 0.351 e. The van der Waals surface area contributed by atoms with Gasteiger partial charge < -0.3 is 20.9 Å². The lowest BCUT2D eigenvalue weighted by molar-refractivity contribution is 0.182. The maximum atomic E-state index is 10.9. The van der Waals surface area contributed by atoms with E-state index in [1.165, 1.54) is 0 Å². The number of likely N-dealkylation sites (tertiary alicyclic amines) is 1. The predicted octanol–water partition coefficient (Wildman–Crippen LogP) is 0.0692. The van der Waals surface area contributed by atoms with Crippen LogP contribution in [0.3, 0.4) is 0 Å². The standard InChI is InChI=1S/C11H24N4O/c1-9(14(2)3)8-13-10-4-6-15(7-5-10)11(12)16/h9-10,13H,4-8H2,1-3H3,(H2,12,16). The van der Waals surface area contributed by atoms with E-state index in [-0.39, 0.29) is 6.03 Å². The molecule has 0 saturated carbocycles. The molecular weight excluding hydrogens is 204 g/mol. The van der Waals surface area contributed by atoms with Crippen LogP contribution in [0.25, 0.3) is 0 Å². The third-order valence-corrected chi connectivity index (χ3v) is 3.39. The fourth-order valence-electron chi connectivity index (χ4n) is 1.82. The molecule has 1 heterocycles. The van der Waals surface area contributed by atoms with E-state index in [1.807, 2.05) is 0 Å². The van der Waals surface area contributed by atoms with Crippen molar-refractivity contribution in [3.63, 3.8) is 0 Å². The molecule has 0 bridgehead atoms. The van der Waals surface area contributed by atoms with Gasteiger partial charge in [-0.1, -0.05) is 0 Å². The number of piperidine rings is 1. The second-order valence-corrected chi connectivity index (χ2v) is 4.82. The summed E-state index contributed by atoms with van der Waals surface area (Å²) in [5.41, 5.74) is 5.23. The van der Waals surface area contributed by atoms with Gasteiger partial charge in [-0.3, -0.25) is 0 Å². The lowest BCUT2D eigenvalue weighted by atomic mass is 10.1. The van der Waals surface area contributed by atoms with Crippen LogP contribution in [0.4, 0.5) is 4.79 Å². The maximum absolute atomic E-state index is 10.9. The first kappa shape index (κ1) is 13.3. The van der Waals surface area contributed by atoms with Crippen molar-refractivity contribution < 1.29 is 4.79 Å². The van der Waals surface area contributed by atoms with E-state index in [1.54, 1.807) is 4.90 Å². The Bertz CT molecular complexity index is 224. The van der Waals surface area contributed by atoms with Gasteiger partial charge >= 0.3 is 6.03 Å². The molecule has 0 aromatic heterocycles. The van der Waals surface area contributed by atoms with Crippen LogP contribution in [-0.4, -0.2) is 61.6 Å². The van der Waals surface area contributed by atoms with Gasteiger partial charge in [0.15, 0.2) is 0 Å². The van der Waals surface area contributed by atoms with E-state index < -0.39 is 0 Å². The molecule has 1 aliphatic rings. The summed E-state index contributed by atoms with van der Waals surface area (Å²) < 4.78 is 0. The topological polar surface area (TPSA) is 61.6 Å². The molecular formula is C11H24N4O. The van der Waals surface area contributed by atoms with Crippen LogP contribution in [0.2, 0.25) is 0 Å². The Morgan fingerprint density at radius 3 is 2.50 bits per heavy atom. The second-order valence-electron chi connectivity index (χ2n) is 4.82. The van der Waals surface area contributed by atoms with Gasteiger partial charge in [0.25, 0.3) is 0 Å². The Morgan fingerprint density at radius 1 is 1.50 bits per heavy atom. The van der Waals surface area contributed by atoms with Crippen molar-refractivity contribution in [1.82, 2.24) is 15.1 Å². The third-order valence-electron chi connectivity index (χ3n) is 3.39. The van der Waals surface area contributed by atoms with Crippen LogP contribution in [0.1, 0.15) is 19.8 Å². The number of hydrogen-bond acceptors (Lipinski definition) is 3. The second kappa shape index (κ2) is 6.06. The molecule has 5 nitrogen and oxygen atoms in total. The van der Waals surface area contributed by atoms with E-state index in [2.05, 4.69) is 31.2 Å². The zero-order chi connectivity index (χ0) is 12.1. The molecule has 2 amide bonds. The van der Waals surface area contributed by atoms with Crippen LogP contribution in [0.15, 0.2) is 0 Å². The lowest BCUT2D eigenvalue weighted by Crippen LogP contribution is -2.48. The molecule has 0 aliphatic carbocycles. The first-order chi connectivity index (χ1) is 7.50. The molecule has 0 radical (unpaired) electrons. The number of rotatable bonds is 4. The minimum atomic E-state index is -0.292. The van der Waals surface area contributed by atoms with E-state index in [4.69, 9.17) is 5.73 Å². The zero-order valence-corrected chi connectivity index (χ0v) is 10.6. The van der Waals surface area contributed by atoms with Crippen LogP contribution in [-0.2, 0) is 0 Å². The third kappa shape index (κ3) is 3.98. The van der Waals surface area contributed by atoms with E-state index >= 15 is 0 Å². The number of likely N-dealkylation sites (N-methyl/N-ethyl adjacent to an activating group) is 1. The molecule has 1 fully saturated rings. The maximum Gasteiger partial charge on any atom is 0.314 e. The molecule has 5 heteroatoms. The molecule has 94 valence electrons. The fourth-order valence-corrected chi connectivity index (χ4v) is 1.82. The number of carbonyl (C=O) groups excluding carboxylic acids is 1. The van der Waals surface area contributed by atoms with Crippen molar-refractivity contribution in [3.8, 4) is 0 Å². The normalized spacial score (nSPS) is 20.1. The number of nitrogens with one attached hydrogen (secondary N) is 1. The number of hydrogen-bond donors (Lipinski definition) is 2. The van der Waals surface area contributed by atoms with Crippen molar-refractivity contribution in [3.05, 3.63) is 0 Å². The van der Waals surface area contributed by atoms with Gasteiger partial charge in [-0.2, -0.15) is 0 Å². The number of primary amides is 1.